The lowest BCUT2D eigenvalue weighted by Gasteiger charge is -2.17. The molecule has 2 aromatic rings. The van der Waals surface area contributed by atoms with Gasteiger partial charge in [0.2, 0.25) is 0 Å². The number of aromatic nitrogens is 1. The number of aryl methyl sites for hydroxylation is 1. The third-order valence-corrected chi connectivity index (χ3v) is 3.42. The van der Waals surface area contributed by atoms with Crippen molar-refractivity contribution in [3.8, 4) is 0 Å². The van der Waals surface area contributed by atoms with Crippen molar-refractivity contribution < 1.29 is 0 Å². The topological polar surface area (TPSA) is 50.9 Å². The monoisotopic (exact) mass is 255 g/mol. The molecule has 0 saturated carbocycles. The van der Waals surface area contributed by atoms with Gasteiger partial charge in [0.1, 0.15) is 5.82 Å². The smallest absolute Gasteiger partial charge is 0.126 e. The molecule has 3 heteroatoms. The average Bonchev–Trinajstić information content (AvgIpc) is 2.46. The Morgan fingerprint density at radius 1 is 1.16 bits per heavy atom. The Hall–Kier alpha value is -1.87. The first-order valence-electron chi connectivity index (χ1n) is 6.70. The van der Waals surface area contributed by atoms with E-state index in [4.69, 9.17) is 5.73 Å². The van der Waals surface area contributed by atoms with E-state index in [1.807, 2.05) is 13.1 Å². The molecule has 19 heavy (non-hydrogen) atoms. The number of nitrogens with zero attached hydrogens (tertiary/aromatic N) is 1. The van der Waals surface area contributed by atoms with Crippen molar-refractivity contribution >= 4 is 5.82 Å². The van der Waals surface area contributed by atoms with Crippen molar-refractivity contribution in [2.24, 2.45) is 0 Å². The second-order valence-electron chi connectivity index (χ2n) is 4.76. The zero-order valence-electron chi connectivity index (χ0n) is 11.3. The molecule has 0 aliphatic carbocycles. The molecule has 0 amide bonds. The standard InChI is InChI=1S/C16H21N3/c1-18-15(10-9-13-6-3-2-4-7-13)12-14-8-5-11-19-16(14)17/h2-8,11,15,18H,9-10,12H2,1H3,(H2,17,19). The van der Waals surface area contributed by atoms with Crippen LogP contribution in [0.2, 0.25) is 0 Å². The highest BCUT2D eigenvalue weighted by Gasteiger charge is 2.09. The van der Waals surface area contributed by atoms with E-state index < -0.39 is 0 Å². The Labute approximate surface area is 114 Å². The summed E-state index contributed by atoms with van der Waals surface area (Å²) in [7, 11) is 2.00. The van der Waals surface area contributed by atoms with Crippen LogP contribution < -0.4 is 11.1 Å². The third-order valence-electron chi connectivity index (χ3n) is 3.42. The molecule has 1 aromatic carbocycles. The fourth-order valence-corrected chi connectivity index (χ4v) is 2.22. The summed E-state index contributed by atoms with van der Waals surface area (Å²) in [6, 6.07) is 15.0. The number of benzene rings is 1. The van der Waals surface area contributed by atoms with Crippen molar-refractivity contribution in [3.63, 3.8) is 0 Å². The Morgan fingerprint density at radius 2 is 1.95 bits per heavy atom. The van der Waals surface area contributed by atoms with Crippen LogP contribution in [-0.2, 0) is 12.8 Å². The summed E-state index contributed by atoms with van der Waals surface area (Å²) in [6.07, 6.45) is 4.82. The lowest BCUT2D eigenvalue weighted by Crippen LogP contribution is -2.28. The van der Waals surface area contributed by atoms with Crippen molar-refractivity contribution in [1.82, 2.24) is 10.3 Å². The SMILES string of the molecule is CNC(CCc1ccccc1)Cc1cccnc1N. The van der Waals surface area contributed by atoms with Gasteiger partial charge in [-0.25, -0.2) is 4.98 Å². The van der Waals surface area contributed by atoms with Gasteiger partial charge in [-0.2, -0.15) is 0 Å². The molecule has 1 unspecified atom stereocenters. The molecule has 0 saturated heterocycles. The molecule has 0 aliphatic rings. The summed E-state index contributed by atoms with van der Waals surface area (Å²) in [5.74, 6) is 0.641. The van der Waals surface area contributed by atoms with Gasteiger partial charge in [-0.15, -0.1) is 0 Å². The zero-order chi connectivity index (χ0) is 13.5. The quantitative estimate of drug-likeness (QED) is 0.833. The van der Waals surface area contributed by atoms with Crippen molar-refractivity contribution in [3.05, 3.63) is 59.8 Å². The van der Waals surface area contributed by atoms with Crippen LogP contribution in [0, 0.1) is 0 Å². The van der Waals surface area contributed by atoms with Crippen LogP contribution in [0.3, 0.4) is 0 Å². The average molecular weight is 255 g/mol. The fourth-order valence-electron chi connectivity index (χ4n) is 2.22. The normalized spacial score (nSPS) is 12.3. The Bertz CT molecular complexity index is 496. The minimum atomic E-state index is 0.423. The lowest BCUT2D eigenvalue weighted by atomic mass is 9.99. The molecule has 0 radical (unpaired) electrons. The van der Waals surface area contributed by atoms with E-state index in [-0.39, 0.29) is 0 Å². The Kier molecular flexibility index (Phi) is 4.93. The third kappa shape index (κ3) is 4.07. The molecule has 100 valence electrons. The number of nitrogens with one attached hydrogen (secondary N) is 1. The van der Waals surface area contributed by atoms with Crippen LogP contribution in [-0.4, -0.2) is 18.1 Å². The van der Waals surface area contributed by atoms with Crippen molar-refractivity contribution in [1.29, 1.82) is 0 Å². The Morgan fingerprint density at radius 3 is 2.63 bits per heavy atom. The molecule has 0 aliphatic heterocycles. The van der Waals surface area contributed by atoms with Crippen LogP contribution in [0.5, 0.6) is 0 Å². The zero-order valence-corrected chi connectivity index (χ0v) is 11.3. The molecular formula is C16H21N3. The predicted octanol–water partition coefficient (Wildman–Crippen LogP) is 2.43. The summed E-state index contributed by atoms with van der Waals surface area (Å²) in [4.78, 5) is 4.13. The predicted molar refractivity (Wildman–Crippen MR) is 80.0 cm³/mol. The summed E-state index contributed by atoms with van der Waals surface area (Å²) in [6.45, 7) is 0. The molecule has 3 nitrogen and oxygen atoms in total. The first-order chi connectivity index (χ1) is 9.29. The van der Waals surface area contributed by atoms with E-state index in [9.17, 15) is 0 Å². The molecule has 3 N–H and O–H groups in total. The number of anilines is 1. The number of nitrogens with two attached hydrogens (primary N) is 1. The molecule has 0 spiro atoms. The van der Waals surface area contributed by atoms with Gasteiger partial charge in [0.05, 0.1) is 0 Å². The van der Waals surface area contributed by atoms with Gasteiger partial charge in [0.15, 0.2) is 0 Å². The highest BCUT2D eigenvalue weighted by Crippen LogP contribution is 2.13. The van der Waals surface area contributed by atoms with Crippen molar-refractivity contribution in [2.75, 3.05) is 12.8 Å². The first-order valence-corrected chi connectivity index (χ1v) is 6.70. The van der Waals surface area contributed by atoms with E-state index in [1.54, 1.807) is 6.20 Å². The number of likely N-dealkylation sites (N-methyl/N-ethyl adjacent to an activating group) is 1. The number of hydrogen-bond acceptors (Lipinski definition) is 3. The van der Waals surface area contributed by atoms with E-state index in [2.05, 4.69) is 46.7 Å². The highest BCUT2D eigenvalue weighted by molar-refractivity contribution is 5.38. The maximum Gasteiger partial charge on any atom is 0.126 e. The number of rotatable bonds is 6. The van der Waals surface area contributed by atoms with Gasteiger partial charge in [0.25, 0.3) is 0 Å². The maximum atomic E-state index is 5.89. The minimum Gasteiger partial charge on any atom is -0.383 e. The summed E-state index contributed by atoms with van der Waals surface area (Å²) >= 11 is 0. The van der Waals surface area contributed by atoms with E-state index >= 15 is 0 Å². The largest absolute Gasteiger partial charge is 0.383 e. The molecule has 1 aromatic heterocycles. The van der Waals surface area contributed by atoms with Crippen LogP contribution in [0.1, 0.15) is 17.5 Å². The fraction of sp³-hybridized carbons (Fsp3) is 0.312. The summed E-state index contributed by atoms with van der Waals surface area (Å²) < 4.78 is 0. The Balaban J connectivity index is 1.92. The van der Waals surface area contributed by atoms with Crippen LogP contribution in [0.15, 0.2) is 48.7 Å². The molecule has 2 rings (SSSR count). The highest BCUT2D eigenvalue weighted by atomic mass is 14.9. The first kappa shape index (κ1) is 13.6. The number of nitrogen functional groups attached to an aromatic ring is 1. The van der Waals surface area contributed by atoms with E-state index in [0.29, 0.717) is 11.9 Å². The number of hydrogen-bond donors (Lipinski definition) is 2. The molecule has 1 atom stereocenters. The molecule has 0 bridgehead atoms. The van der Waals surface area contributed by atoms with Crippen LogP contribution >= 0.6 is 0 Å². The molecular weight excluding hydrogens is 234 g/mol. The second-order valence-corrected chi connectivity index (χ2v) is 4.76. The van der Waals surface area contributed by atoms with E-state index in [1.165, 1.54) is 5.56 Å². The van der Waals surface area contributed by atoms with Gasteiger partial charge in [-0.05, 0) is 43.5 Å². The number of pyridine rings is 1. The van der Waals surface area contributed by atoms with Gasteiger partial charge in [-0.1, -0.05) is 36.4 Å². The van der Waals surface area contributed by atoms with Crippen LogP contribution in [0.25, 0.3) is 0 Å². The van der Waals surface area contributed by atoms with Crippen molar-refractivity contribution in [2.45, 2.75) is 25.3 Å². The van der Waals surface area contributed by atoms with Gasteiger partial charge in [-0.3, -0.25) is 0 Å². The van der Waals surface area contributed by atoms with Crippen LogP contribution in [0.4, 0.5) is 5.82 Å². The summed E-state index contributed by atoms with van der Waals surface area (Å²) in [5, 5.41) is 3.36. The maximum absolute atomic E-state index is 5.89. The second kappa shape index (κ2) is 6.90. The lowest BCUT2D eigenvalue weighted by molar-refractivity contribution is 0.520. The van der Waals surface area contributed by atoms with Gasteiger partial charge in [0, 0.05) is 12.2 Å². The van der Waals surface area contributed by atoms with Gasteiger partial charge < -0.3 is 11.1 Å². The summed E-state index contributed by atoms with van der Waals surface area (Å²) in [5.41, 5.74) is 8.39. The van der Waals surface area contributed by atoms with Gasteiger partial charge >= 0.3 is 0 Å². The minimum absolute atomic E-state index is 0.423. The molecule has 1 heterocycles. The molecule has 0 fully saturated rings. The van der Waals surface area contributed by atoms with E-state index in [0.717, 1.165) is 24.8 Å².